The Balaban J connectivity index is 2.16. The van der Waals surface area contributed by atoms with E-state index < -0.39 is 5.54 Å². The number of nitrogens with one attached hydrogen (secondary N) is 1. The van der Waals surface area contributed by atoms with Crippen LogP contribution in [-0.4, -0.2) is 17.3 Å². The second-order valence-electron chi connectivity index (χ2n) is 5.52. The minimum absolute atomic E-state index is 0.0303. The van der Waals surface area contributed by atoms with E-state index in [2.05, 4.69) is 5.32 Å². The number of anilines is 1. The van der Waals surface area contributed by atoms with Crippen molar-refractivity contribution in [2.24, 2.45) is 0 Å². The van der Waals surface area contributed by atoms with Crippen LogP contribution in [0, 0.1) is 12.7 Å². The number of aryl methyl sites for hydroxylation is 1. The molecule has 2 N–H and O–H groups in total. The van der Waals surface area contributed by atoms with Crippen LogP contribution in [-0.2, 0) is 6.42 Å². The first-order valence-corrected chi connectivity index (χ1v) is 6.71. The number of halogens is 1. The third kappa shape index (κ3) is 3.81. The molecule has 1 unspecified atom stereocenters. The van der Waals surface area contributed by atoms with Gasteiger partial charge in [-0.2, -0.15) is 0 Å². The Kier molecular flexibility index (Phi) is 4.40. The molecule has 106 valence electrons. The molecular weight excluding hydrogens is 253 g/mol. The SMILES string of the molecule is Cc1cccc(NC(C)(CO)Cc2cccc(F)c2)c1. The molecular formula is C17H20FNO. The molecule has 0 saturated heterocycles. The van der Waals surface area contributed by atoms with Gasteiger partial charge in [0.15, 0.2) is 0 Å². The van der Waals surface area contributed by atoms with Crippen molar-refractivity contribution in [3.05, 3.63) is 65.5 Å². The zero-order chi connectivity index (χ0) is 14.6. The Bertz CT molecular complexity index is 535. The monoisotopic (exact) mass is 273 g/mol. The summed E-state index contributed by atoms with van der Waals surface area (Å²) < 4.78 is 13.2. The van der Waals surface area contributed by atoms with Gasteiger partial charge in [-0.05, 0) is 55.7 Å². The molecule has 20 heavy (non-hydrogen) atoms. The molecule has 2 nitrogen and oxygen atoms in total. The predicted octanol–water partition coefficient (Wildman–Crippen LogP) is 3.54. The lowest BCUT2D eigenvalue weighted by Crippen LogP contribution is -2.41. The molecule has 0 radical (unpaired) electrons. The third-order valence-corrected chi connectivity index (χ3v) is 3.30. The Hall–Kier alpha value is -1.87. The van der Waals surface area contributed by atoms with E-state index in [0.717, 1.165) is 16.8 Å². The zero-order valence-electron chi connectivity index (χ0n) is 11.9. The lowest BCUT2D eigenvalue weighted by molar-refractivity contribution is 0.222. The standard InChI is InChI=1S/C17H20FNO/c1-13-5-3-8-16(9-13)19-17(2,12-20)11-14-6-4-7-15(18)10-14/h3-10,19-20H,11-12H2,1-2H3. The van der Waals surface area contributed by atoms with Crippen LogP contribution in [0.5, 0.6) is 0 Å². The van der Waals surface area contributed by atoms with E-state index in [9.17, 15) is 9.50 Å². The summed E-state index contributed by atoms with van der Waals surface area (Å²) in [5, 5.41) is 13.0. The van der Waals surface area contributed by atoms with Gasteiger partial charge in [-0.15, -0.1) is 0 Å². The van der Waals surface area contributed by atoms with E-state index >= 15 is 0 Å². The molecule has 0 aromatic heterocycles. The van der Waals surface area contributed by atoms with Crippen molar-refractivity contribution in [3.63, 3.8) is 0 Å². The summed E-state index contributed by atoms with van der Waals surface area (Å²) >= 11 is 0. The van der Waals surface area contributed by atoms with Gasteiger partial charge in [0, 0.05) is 5.69 Å². The average molecular weight is 273 g/mol. The van der Waals surface area contributed by atoms with E-state index in [1.54, 1.807) is 6.07 Å². The smallest absolute Gasteiger partial charge is 0.123 e. The van der Waals surface area contributed by atoms with Crippen molar-refractivity contribution in [2.75, 3.05) is 11.9 Å². The van der Waals surface area contributed by atoms with Crippen LogP contribution in [0.3, 0.4) is 0 Å². The minimum atomic E-state index is -0.526. The van der Waals surface area contributed by atoms with Gasteiger partial charge in [-0.3, -0.25) is 0 Å². The average Bonchev–Trinajstić information content (AvgIpc) is 2.38. The van der Waals surface area contributed by atoms with E-state index in [1.165, 1.54) is 12.1 Å². The van der Waals surface area contributed by atoms with Crippen LogP contribution < -0.4 is 5.32 Å². The third-order valence-electron chi connectivity index (χ3n) is 3.30. The van der Waals surface area contributed by atoms with Gasteiger partial charge in [-0.1, -0.05) is 24.3 Å². The summed E-state index contributed by atoms with van der Waals surface area (Å²) in [6.07, 6.45) is 0.551. The molecule has 0 aliphatic heterocycles. The maximum atomic E-state index is 13.2. The minimum Gasteiger partial charge on any atom is -0.394 e. The van der Waals surface area contributed by atoms with Gasteiger partial charge in [0.05, 0.1) is 12.1 Å². The van der Waals surface area contributed by atoms with Crippen molar-refractivity contribution in [3.8, 4) is 0 Å². The van der Waals surface area contributed by atoms with Crippen molar-refractivity contribution < 1.29 is 9.50 Å². The van der Waals surface area contributed by atoms with E-state index in [0.29, 0.717) is 6.42 Å². The summed E-state index contributed by atoms with van der Waals surface area (Å²) in [5.41, 5.74) is 2.45. The highest BCUT2D eigenvalue weighted by atomic mass is 19.1. The maximum absolute atomic E-state index is 13.2. The van der Waals surface area contributed by atoms with E-state index in [1.807, 2.05) is 44.2 Å². The largest absolute Gasteiger partial charge is 0.394 e. The topological polar surface area (TPSA) is 32.3 Å². The lowest BCUT2D eigenvalue weighted by atomic mass is 9.93. The number of benzene rings is 2. The first kappa shape index (κ1) is 14.5. The quantitative estimate of drug-likeness (QED) is 0.873. The fourth-order valence-electron chi connectivity index (χ4n) is 2.31. The van der Waals surface area contributed by atoms with Crippen molar-refractivity contribution in [1.29, 1.82) is 0 Å². The summed E-state index contributed by atoms with van der Waals surface area (Å²) in [4.78, 5) is 0. The molecule has 3 heteroatoms. The Morgan fingerprint density at radius 1 is 1.15 bits per heavy atom. The molecule has 2 rings (SSSR count). The number of hydrogen-bond acceptors (Lipinski definition) is 2. The van der Waals surface area contributed by atoms with Gasteiger partial charge in [0.2, 0.25) is 0 Å². The van der Waals surface area contributed by atoms with Crippen LogP contribution in [0.25, 0.3) is 0 Å². The number of hydrogen-bond donors (Lipinski definition) is 2. The zero-order valence-corrected chi connectivity index (χ0v) is 11.9. The summed E-state index contributed by atoms with van der Waals surface area (Å²) in [7, 11) is 0. The molecule has 0 heterocycles. The van der Waals surface area contributed by atoms with Gasteiger partial charge >= 0.3 is 0 Å². The molecule has 1 atom stereocenters. The molecule has 0 spiro atoms. The van der Waals surface area contributed by atoms with E-state index in [4.69, 9.17) is 0 Å². The molecule has 2 aromatic carbocycles. The van der Waals surface area contributed by atoms with Crippen LogP contribution in [0.2, 0.25) is 0 Å². The Morgan fingerprint density at radius 3 is 2.55 bits per heavy atom. The maximum Gasteiger partial charge on any atom is 0.123 e. The summed E-state index contributed by atoms with van der Waals surface area (Å²) in [6.45, 7) is 3.92. The summed E-state index contributed by atoms with van der Waals surface area (Å²) in [6, 6.07) is 14.5. The molecule has 0 aliphatic carbocycles. The van der Waals surface area contributed by atoms with Crippen LogP contribution in [0.15, 0.2) is 48.5 Å². The Morgan fingerprint density at radius 2 is 1.90 bits per heavy atom. The number of aliphatic hydroxyl groups is 1. The first-order chi connectivity index (χ1) is 9.50. The molecule has 0 amide bonds. The van der Waals surface area contributed by atoms with Crippen molar-refractivity contribution in [2.45, 2.75) is 25.8 Å². The second-order valence-corrected chi connectivity index (χ2v) is 5.52. The molecule has 0 saturated carbocycles. The second kappa shape index (κ2) is 6.06. The highest BCUT2D eigenvalue weighted by Gasteiger charge is 2.23. The Labute approximate surface area is 119 Å². The normalized spacial score (nSPS) is 13.8. The van der Waals surface area contributed by atoms with Gasteiger partial charge < -0.3 is 10.4 Å². The van der Waals surface area contributed by atoms with Crippen molar-refractivity contribution in [1.82, 2.24) is 0 Å². The van der Waals surface area contributed by atoms with Gasteiger partial charge in [-0.25, -0.2) is 4.39 Å². The van der Waals surface area contributed by atoms with Gasteiger partial charge in [0.1, 0.15) is 5.82 Å². The molecule has 2 aromatic rings. The van der Waals surface area contributed by atoms with Crippen LogP contribution >= 0.6 is 0 Å². The van der Waals surface area contributed by atoms with Crippen molar-refractivity contribution >= 4 is 5.69 Å². The van der Waals surface area contributed by atoms with Crippen LogP contribution in [0.1, 0.15) is 18.1 Å². The molecule has 0 aliphatic rings. The molecule has 0 bridgehead atoms. The fraction of sp³-hybridized carbons (Fsp3) is 0.294. The number of aliphatic hydroxyl groups excluding tert-OH is 1. The van der Waals surface area contributed by atoms with Gasteiger partial charge in [0.25, 0.3) is 0 Å². The predicted molar refractivity (Wildman–Crippen MR) is 80.4 cm³/mol. The van der Waals surface area contributed by atoms with Crippen LogP contribution in [0.4, 0.5) is 10.1 Å². The van der Waals surface area contributed by atoms with E-state index in [-0.39, 0.29) is 12.4 Å². The summed E-state index contributed by atoms with van der Waals surface area (Å²) in [5.74, 6) is -0.252. The number of rotatable bonds is 5. The lowest BCUT2D eigenvalue weighted by Gasteiger charge is -2.30. The highest BCUT2D eigenvalue weighted by Crippen LogP contribution is 2.21. The first-order valence-electron chi connectivity index (χ1n) is 6.71. The highest BCUT2D eigenvalue weighted by molar-refractivity contribution is 5.48. The molecule has 0 fully saturated rings. The fourth-order valence-corrected chi connectivity index (χ4v) is 2.31.